The number of rotatable bonds is 3. The number of ether oxygens (including phenoxy) is 1. The fraction of sp³-hybridized carbons (Fsp3) is 0.769. The number of nitrogens with zero attached hydrogens (tertiary/aromatic N) is 2. The van der Waals surface area contributed by atoms with Gasteiger partial charge in [-0.2, -0.15) is 18.2 Å². The molecule has 1 aliphatic carbocycles. The first-order valence-electron chi connectivity index (χ1n) is 6.92. The minimum Gasteiger partial charge on any atom is -0.444 e. The van der Waals surface area contributed by atoms with E-state index in [9.17, 15) is 18.0 Å². The Kier molecular flexibility index (Phi) is 4.35. The summed E-state index contributed by atoms with van der Waals surface area (Å²) in [6, 6.07) is -0.0372. The van der Waals surface area contributed by atoms with Crippen LogP contribution in [0.15, 0.2) is 4.52 Å². The second-order valence-corrected chi connectivity index (χ2v) is 6.39. The van der Waals surface area contributed by atoms with Crippen LogP contribution in [0.5, 0.6) is 0 Å². The van der Waals surface area contributed by atoms with Gasteiger partial charge in [-0.05, 0) is 39.5 Å². The Hall–Kier alpha value is -1.80. The molecule has 0 saturated heterocycles. The van der Waals surface area contributed by atoms with E-state index in [4.69, 9.17) is 4.74 Å². The van der Waals surface area contributed by atoms with E-state index in [1.165, 1.54) is 0 Å². The van der Waals surface area contributed by atoms with Gasteiger partial charge in [0, 0.05) is 12.5 Å². The Balaban J connectivity index is 1.73. The van der Waals surface area contributed by atoms with Gasteiger partial charge in [-0.3, -0.25) is 0 Å². The van der Waals surface area contributed by atoms with Crippen LogP contribution in [0.1, 0.15) is 45.3 Å². The number of alkyl carbamates (subject to hydrolysis) is 1. The van der Waals surface area contributed by atoms with Gasteiger partial charge in [0.1, 0.15) is 5.60 Å². The van der Waals surface area contributed by atoms with Gasteiger partial charge in [-0.15, -0.1) is 0 Å². The molecule has 0 aliphatic heterocycles. The number of aromatic nitrogens is 2. The molecule has 0 spiro atoms. The zero-order chi connectivity index (χ0) is 16.5. The normalized spacial score (nSPS) is 22.1. The quantitative estimate of drug-likeness (QED) is 0.926. The smallest absolute Gasteiger partial charge is 0.444 e. The summed E-state index contributed by atoms with van der Waals surface area (Å²) in [4.78, 5) is 14.9. The topological polar surface area (TPSA) is 77.2 Å². The molecule has 1 aliphatic rings. The molecule has 6 nitrogen and oxygen atoms in total. The van der Waals surface area contributed by atoms with Crippen LogP contribution in [0.4, 0.5) is 18.0 Å². The average molecular weight is 321 g/mol. The van der Waals surface area contributed by atoms with Gasteiger partial charge < -0.3 is 14.6 Å². The SMILES string of the molecule is CC(C)(C)OC(=O)N[C@H]1C[C@@H](Cc2nc(C(F)(F)F)no2)C1. The van der Waals surface area contributed by atoms with Crippen LogP contribution in [0, 0.1) is 5.92 Å². The molecule has 1 fully saturated rings. The average Bonchev–Trinajstić information content (AvgIpc) is 2.71. The number of amides is 1. The molecule has 1 saturated carbocycles. The van der Waals surface area contributed by atoms with Crippen molar-refractivity contribution >= 4 is 6.09 Å². The zero-order valence-corrected chi connectivity index (χ0v) is 12.5. The van der Waals surface area contributed by atoms with Gasteiger partial charge in [0.15, 0.2) is 0 Å². The van der Waals surface area contributed by atoms with Crippen molar-refractivity contribution in [2.24, 2.45) is 5.92 Å². The monoisotopic (exact) mass is 321 g/mol. The van der Waals surface area contributed by atoms with Gasteiger partial charge in [0.05, 0.1) is 0 Å². The summed E-state index contributed by atoms with van der Waals surface area (Å²) < 4.78 is 46.7. The van der Waals surface area contributed by atoms with Crippen molar-refractivity contribution in [1.29, 1.82) is 0 Å². The first-order chi connectivity index (χ1) is 10.0. The molecule has 0 aromatic carbocycles. The Bertz CT molecular complexity index is 531. The van der Waals surface area contributed by atoms with Crippen molar-refractivity contribution in [1.82, 2.24) is 15.5 Å². The second-order valence-electron chi connectivity index (χ2n) is 6.39. The Labute approximate surface area is 125 Å². The van der Waals surface area contributed by atoms with Crippen molar-refractivity contribution in [3.05, 3.63) is 11.7 Å². The van der Waals surface area contributed by atoms with Crippen LogP contribution in [0.2, 0.25) is 0 Å². The third-order valence-electron chi connectivity index (χ3n) is 3.14. The third kappa shape index (κ3) is 4.60. The van der Waals surface area contributed by atoms with Crippen molar-refractivity contribution in [3.8, 4) is 0 Å². The lowest BCUT2D eigenvalue weighted by Crippen LogP contribution is -2.46. The maximum atomic E-state index is 12.3. The fourth-order valence-corrected chi connectivity index (χ4v) is 2.19. The summed E-state index contributed by atoms with van der Waals surface area (Å²) in [7, 11) is 0. The molecule has 0 radical (unpaired) electrons. The van der Waals surface area contributed by atoms with Crippen molar-refractivity contribution in [2.75, 3.05) is 0 Å². The van der Waals surface area contributed by atoms with Crippen LogP contribution in [-0.4, -0.2) is 27.9 Å². The Morgan fingerprint density at radius 3 is 2.50 bits per heavy atom. The van der Waals surface area contributed by atoms with Crippen LogP contribution < -0.4 is 5.32 Å². The lowest BCUT2D eigenvalue weighted by atomic mass is 9.78. The van der Waals surface area contributed by atoms with Gasteiger partial charge in [0.2, 0.25) is 5.89 Å². The molecule has 0 unspecified atom stereocenters. The van der Waals surface area contributed by atoms with Crippen molar-refractivity contribution in [2.45, 2.75) is 57.9 Å². The zero-order valence-electron chi connectivity index (χ0n) is 12.5. The van der Waals surface area contributed by atoms with Crippen LogP contribution >= 0.6 is 0 Å². The highest BCUT2D eigenvalue weighted by atomic mass is 19.4. The second kappa shape index (κ2) is 5.77. The van der Waals surface area contributed by atoms with Gasteiger partial charge in [-0.25, -0.2) is 4.79 Å². The van der Waals surface area contributed by atoms with Gasteiger partial charge in [0.25, 0.3) is 5.82 Å². The highest BCUT2D eigenvalue weighted by Crippen LogP contribution is 2.32. The van der Waals surface area contributed by atoms with E-state index < -0.39 is 23.7 Å². The largest absolute Gasteiger partial charge is 0.455 e. The molecular weight excluding hydrogens is 303 g/mol. The molecule has 1 heterocycles. The van der Waals surface area contributed by atoms with Crippen LogP contribution in [-0.2, 0) is 17.3 Å². The number of hydrogen-bond acceptors (Lipinski definition) is 5. The van der Waals surface area contributed by atoms with E-state index >= 15 is 0 Å². The van der Waals surface area contributed by atoms with E-state index in [0.717, 1.165) is 0 Å². The number of carbonyl (C=O) groups excluding carboxylic acids is 1. The van der Waals surface area contributed by atoms with E-state index in [0.29, 0.717) is 12.8 Å². The Morgan fingerprint density at radius 2 is 2.00 bits per heavy atom. The first kappa shape index (κ1) is 16.6. The molecule has 9 heteroatoms. The maximum Gasteiger partial charge on any atom is 0.455 e. The summed E-state index contributed by atoms with van der Waals surface area (Å²) in [5.74, 6) is -1.18. The van der Waals surface area contributed by atoms with Crippen LogP contribution in [0.25, 0.3) is 0 Å². The molecule has 0 atom stereocenters. The van der Waals surface area contributed by atoms with E-state index in [-0.39, 0.29) is 24.3 Å². The minimum atomic E-state index is -4.60. The highest BCUT2D eigenvalue weighted by Gasteiger charge is 2.38. The van der Waals surface area contributed by atoms with Gasteiger partial charge in [-0.1, -0.05) is 5.16 Å². The minimum absolute atomic E-state index is 0.0342. The standard InChI is InChI=1S/C13H18F3N3O3/c1-12(2,3)21-11(20)17-8-4-7(5-8)6-9-18-10(19-22-9)13(14,15)16/h7-8H,4-6H2,1-3H3,(H,17,20)/t7-,8+. The van der Waals surface area contributed by atoms with Crippen LogP contribution in [0.3, 0.4) is 0 Å². The molecule has 22 heavy (non-hydrogen) atoms. The predicted octanol–water partition coefficient (Wildman–Crippen LogP) is 2.93. The number of halogens is 3. The molecule has 1 N–H and O–H groups in total. The van der Waals surface area contributed by atoms with Gasteiger partial charge >= 0.3 is 12.3 Å². The lowest BCUT2D eigenvalue weighted by Gasteiger charge is -2.35. The molecule has 2 rings (SSSR count). The molecule has 124 valence electrons. The Morgan fingerprint density at radius 1 is 1.36 bits per heavy atom. The van der Waals surface area contributed by atoms with E-state index in [2.05, 4.69) is 20.0 Å². The van der Waals surface area contributed by atoms with E-state index in [1.54, 1.807) is 20.8 Å². The summed E-state index contributed by atoms with van der Waals surface area (Å²) in [6.45, 7) is 5.30. The summed E-state index contributed by atoms with van der Waals surface area (Å²) in [6.07, 6.45) is -3.53. The number of alkyl halides is 3. The fourth-order valence-electron chi connectivity index (χ4n) is 2.19. The summed E-state index contributed by atoms with van der Waals surface area (Å²) in [5, 5.41) is 5.62. The molecule has 1 aromatic heterocycles. The maximum absolute atomic E-state index is 12.3. The first-order valence-corrected chi connectivity index (χ1v) is 6.92. The number of hydrogen-bond donors (Lipinski definition) is 1. The third-order valence-corrected chi connectivity index (χ3v) is 3.14. The molecular formula is C13H18F3N3O3. The predicted molar refractivity (Wildman–Crippen MR) is 68.9 cm³/mol. The van der Waals surface area contributed by atoms with Crippen molar-refractivity contribution < 1.29 is 27.2 Å². The number of carbonyl (C=O) groups is 1. The lowest BCUT2D eigenvalue weighted by molar-refractivity contribution is -0.146. The molecule has 1 aromatic rings. The van der Waals surface area contributed by atoms with Crippen molar-refractivity contribution in [3.63, 3.8) is 0 Å². The summed E-state index contributed by atoms with van der Waals surface area (Å²) in [5.41, 5.74) is -0.564. The molecule has 1 amide bonds. The highest BCUT2D eigenvalue weighted by molar-refractivity contribution is 5.68. The summed E-state index contributed by atoms with van der Waals surface area (Å²) >= 11 is 0. The number of nitrogens with one attached hydrogen (secondary N) is 1. The molecule has 0 bridgehead atoms. The van der Waals surface area contributed by atoms with E-state index in [1.807, 2.05) is 0 Å².